The minimum absolute atomic E-state index is 0. The summed E-state index contributed by atoms with van der Waals surface area (Å²) in [6.07, 6.45) is 4.53. The van der Waals surface area contributed by atoms with E-state index in [1.165, 1.54) is 12.0 Å². The van der Waals surface area contributed by atoms with Crippen molar-refractivity contribution in [2.24, 2.45) is 11.1 Å². The van der Waals surface area contributed by atoms with E-state index in [0.29, 0.717) is 18.1 Å². The summed E-state index contributed by atoms with van der Waals surface area (Å²) in [5, 5.41) is 0. The topological polar surface area (TPSA) is 68.0 Å². The standard InChI is InChI=1S/C22H35N3O3.ClH/c1-3-27-20-13-18(14-24-12-9-22(2,16-23)17-24)7-8-19(20)28-15-21(26)25-10-5-4-6-11-25;/h7-8,13H,3-6,9-12,14-17,23H2,1-2H3;1H. The van der Waals surface area contributed by atoms with Crippen LogP contribution in [0.2, 0.25) is 0 Å². The Bertz CT molecular complexity index is 667. The summed E-state index contributed by atoms with van der Waals surface area (Å²) in [4.78, 5) is 16.7. The molecule has 3 rings (SSSR count). The monoisotopic (exact) mass is 425 g/mol. The van der Waals surface area contributed by atoms with E-state index in [1.807, 2.05) is 24.0 Å². The number of carbonyl (C=O) groups excluding carboxylic acids is 1. The number of carbonyl (C=O) groups is 1. The zero-order valence-corrected chi connectivity index (χ0v) is 18.6. The molecule has 2 fully saturated rings. The molecule has 2 aliphatic rings. The van der Waals surface area contributed by atoms with Crippen molar-refractivity contribution in [2.45, 2.75) is 46.1 Å². The molecule has 0 aromatic heterocycles. The molecule has 1 aromatic rings. The number of hydrogen-bond donors (Lipinski definition) is 1. The van der Waals surface area contributed by atoms with Gasteiger partial charge in [0, 0.05) is 26.2 Å². The van der Waals surface area contributed by atoms with Gasteiger partial charge in [0.15, 0.2) is 18.1 Å². The third-order valence-electron chi connectivity index (χ3n) is 5.90. The van der Waals surface area contributed by atoms with Crippen molar-refractivity contribution in [1.82, 2.24) is 9.80 Å². The van der Waals surface area contributed by atoms with Gasteiger partial charge in [-0.1, -0.05) is 13.0 Å². The molecular formula is C22H36ClN3O3. The Kier molecular flexibility index (Phi) is 9.05. The molecule has 1 aromatic carbocycles. The summed E-state index contributed by atoms with van der Waals surface area (Å²) >= 11 is 0. The van der Waals surface area contributed by atoms with Gasteiger partial charge in [-0.3, -0.25) is 9.69 Å². The second kappa shape index (κ2) is 11.0. The number of nitrogens with zero attached hydrogens (tertiary/aromatic N) is 2. The van der Waals surface area contributed by atoms with E-state index in [-0.39, 0.29) is 30.3 Å². The van der Waals surface area contributed by atoms with Gasteiger partial charge in [0.25, 0.3) is 5.91 Å². The van der Waals surface area contributed by atoms with Crippen molar-refractivity contribution < 1.29 is 14.3 Å². The quantitative estimate of drug-likeness (QED) is 0.693. The summed E-state index contributed by atoms with van der Waals surface area (Å²) in [5.41, 5.74) is 7.34. The van der Waals surface area contributed by atoms with Crippen LogP contribution in [0.4, 0.5) is 0 Å². The lowest BCUT2D eigenvalue weighted by Crippen LogP contribution is -2.38. The van der Waals surface area contributed by atoms with Crippen LogP contribution in [0.5, 0.6) is 11.5 Å². The highest BCUT2D eigenvalue weighted by molar-refractivity contribution is 5.85. The number of likely N-dealkylation sites (tertiary alicyclic amines) is 2. The number of nitrogens with two attached hydrogens (primary N) is 1. The molecule has 1 amide bonds. The molecule has 1 unspecified atom stereocenters. The first-order valence-electron chi connectivity index (χ1n) is 10.6. The number of ether oxygens (including phenoxy) is 2. The summed E-state index contributed by atoms with van der Waals surface area (Å²) in [7, 11) is 0. The lowest BCUT2D eigenvalue weighted by Gasteiger charge is -2.26. The Morgan fingerprint density at radius 1 is 1.14 bits per heavy atom. The third-order valence-corrected chi connectivity index (χ3v) is 5.90. The number of piperidine rings is 1. The highest BCUT2D eigenvalue weighted by Crippen LogP contribution is 2.32. The van der Waals surface area contributed by atoms with Crippen molar-refractivity contribution in [2.75, 3.05) is 45.9 Å². The van der Waals surface area contributed by atoms with Gasteiger partial charge in [-0.15, -0.1) is 12.4 Å². The molecule has 1 atom stereocenters. The molecule has 0 aliphatic carbocycles. The van der Waals surface area contributed by atoms with Crippen molar-refractivity contribution in [1.29, 1.82) is 0 Å². The Balaban J connectivity index is 0.00000300. The van der Waals surface area contributed by atoms with Gasteiger partial charge in [0.05, 0.1) is 6.61 Å². The molecule has 2 aliphatic heterocycles. The van der Waals surface area contributed by atoms with Gasteiger partial charge < -0.3 is 20.1 Å². The van der Waals surface area contributed by atoms with Crippen LogP contribution in [-0.4, -0.2) is 61.6 Å². The normalized spacial score (nSPS) is 22.2. The average molecular weight is 426 g/mol. The number of benzene rings is 1. The van der Waals surface area contributed by atoms with E-state index in [9.17, 15) is 4.79 Å². The predicted molar refractivity (Wildman–Crippen MR) is 118 cm³/mol. The lowest BCUT2D eigenvalue weighted by atomic mass is 9.90. The van der Waals surface area contributed by atoms with Crippen LogP contribution in [0.25, 0.3) is 0 Å². The smallest absolute Gasteiger partial charge is 0.260 e. The van der Waals surface area contributed by atoms with Crippen molar-refractivity contribution in [3.63, 3.8) is 0 Å². The molecule has 2 saturated heterocycles. The van der Waals surface area contributed by atoms with Gasteiger partial charge in [-0.25, -0.2) is 0 Å². The maximum atomic E-state index is 12.4. The summed E-state index contributed by atoms with van der Waals surface area (Å²) in [5.74, 6) is 1.42. The second-order valence-corrected chi connectivity index (χ2v) is 8.42. The van der Waals surface area contributed by atoms with Crippen LogP contribution in [0.1, 0.15) is 45.1 Å². The van der Waals surface area contributed by atoms with E-state index in [0.717, 1.165) is 58.5 Å². The molecular weight excluding hydrogens is 390 g/mol. The van der Waals surface area contributed by atoms with Crippen LogP contribution in [-0.2, 0) is 11.3 Å². The first kappa shape index (κ1) is 23.8. The zero-order chi connectivity index (χ0) is 20.0. The minimum atomic E-state index is 0. The maximum Gasteiger partial charge on any atom is 0.260 e. The highest BCUT2D eigenvalue weighted by atomic mass is 35.5. The number of rotatable bonds is 8. The van der Waals surface area contributed by atoms with Crippen LogP contribution >= 0.6 is 12.4 Å². The molecule has 6 nitrogen and oxygen atoms in total. The van der Waals surface area contributed by atoms with Crippen LogP contribution in [0.3, 0.4) is 0 Å². The maximum absolute atomic E-state index is 12.4. The molecule has 2 heterocycles. The fraction of sp³-hybridized carbons (Fsp3) is 0.682. The minimum Gasteiger partial charge on any atom is -0.490 e. The third kappa shape index (κ3) is 6.49. The fourth-order valence-electron chi connectivity index (χ4n) is 4.10. The van der Waals surface area contributed by atoms with E-state index in [4.69, 9.17) is 15.2 Å². The molecule has 7 heteroatoms. The summed E-state index contributed by atoms with van der Waals surface area (Å²) in [6, 6.07) is 6.05. The van der Waals surface area contributed by atoms with Crippen LogP contribution < -0.4 is 15.2 Å². The van der Waals surface area contributed by atoms with Crippen molar-refractivity contribution in [3.8, 4) is 11.5 Å². The molecule has 0 saturated carbocycles. The molecule has 29 heavy (non-hydrogen) atoms. The Labute approximate surface area is 181 Å². The fourth-order valence-corrected chi connectivity index (χ4v) is 4.10. The summed E-state index contributed by atoms with van der Waals surface area (Å²) in [6.45, 7) is 10.2. The molecule has 2 N–H and O–H groups in total. The van der Waals surface area contributed by atoms with E-state index in [1.54, 1.807) is 0 Å². The average Bonchev–Trinajstić information content (AvgIpc) is 3.09. The Morgan fingerprint density at radius 3 is 2.55 bits per heavy atom. The number of amides is 1. The number of hydrogen-bond acceptors (Lipinski definition) is 5. The Hall–Kier alpha value is -1.50. The second-order valence-electron chi connectivity index (χ2n) is 8.42. The number of halogens is 1. The van der Waals surface area contributed by atoms with Crippen molar-refractivity contribution in [3.05, 3.63) is 23.8 Å². The van der Waals surface area contributed by atoms with Gasteiger partial charge in [-0.05, 0) is 68.8 Å². The molecule has 0 spiro atoms. The first-order valence-corrected chi connectivity index (χ1v) is 10.6. The van der Waals surface area contributed by atoms with Gasteiger partial charge >= 0.3 is 0 Å². The predicted octanol–water partition coefficient (Wildman–Crippen LogP) is 3.07. The van der Waals surface area contributed by atoms with Gasteiger partial charge in [0.1, 0.15) is 0 Å². The zero-order valence-electron chi connectivity index (χ0n) is 17.8. The van der Waals surface area contributed by atoms with E-state index in [2.05, 4.69) is 17.9 Å². The molecule has 0 bridgehead atoms. The van der Waals surface area contributed by atoms with Crippen LogP contribution in [0.15, 0.2) is 18.2 Å². The first-order chi connectivity index (χ1) is 13.5. The Morgan fingerprint density at radius 2 is 1.90 bits per heavy atom. The molecule has 164 valence electrons. The SMILES string of the molecule is CCOc1cc(CN2CCC(C)(CN)C2)ccc1OCC(=O)N1CCCCC1.Cl. The highest BCUT2D eigenvalue weighted by Gasteiger charge is 2.32. The summed E-state index contributed by atoms with van der Waals surface area (Å²) < 4.78 is 11.6. The lowest BCUT2D eigenvalue weighted by molar-refractivity contribution is -0.134. The molecule has 0 radical (unpaired) electrons. The van der Waals surface area contributed by atoms with E-state index < -0.39 is 0 Å². The van der Waals surface area contributed by atoms with Crippen molar-refractivity contribution >= 4 is 18.3 Å². The van der Waals surface area contributed by atoms with Gasteiger partial charge in [0.2, 0.25) is 0 Å². The van der Waals surface area contributed by atoms with Gasteiger partial charge in [-0.2, -0.15) is 0 Å². The van der Waals surface area contributed by atoms with Crippen LogP contribution in [0, 0.1) is 5.41 Å². The van der Waals surface area contributed by atoms with E-state index >= 15 is 0 Å². The largest absolute Gasteiger partial charge is 0.490 e.